The quantitative estimate of drug-likeness (QED) is 0.205. The minimum Gasteiger partial charge on any atom is -0.385 e. The molecule has 4 heterocycles. The van der Waals surface area contributed by atoms with Gasteiger partial charge in [-0.3, -0.25) is 9.13 Å². The number of anilines is 1. The summed E-state index contributed by atoms with van der Waals surface area (Å²) in [7, 11) is 0. The number of nitrogens with zero attached hydrogens (tertiary/aromatic N) is 4. The summed E-state index contributed by atoms with van der Waals surface area (Å²) in [4.78, 5) is 10.4. The Balaban J connectivity index is 1.30. The zero-order valence-corrected chi connectivity index (χ0v) is 25.9. The van der Waals surface area contributed by atoms with Crippen LogP contribution >= 0.6 is 0 Å². The summed E-state index contributed by atoms with van der Waals surface area (Å²) in [6, 6.07) is 53.4. The van der Waals surface area contributed by atoms with Gasteiger partial charge in [-0.1, -0.05) is 91.0 Å². The smallest absolute Gasteiger partial charge is 0.138 e. The van der Waals surface area contributed by atoms with E-state index in [4.69, 9.17) is 9.97 Å². The van der Waals surface area contributed by atoms with Crippen LogP contribution in [0.2, 0.25) is 0 Å². The maximum atomic E-state index is 5.23. The summed E-state index contributed by atoms with van der Waals surface area (Å²) in [5.41, 5.74) is 9.65. The van der Waals surface area contributed by atoms with E-state index in [0.717, 1.165) is 68.4 Å². The Kier molecular flexibility index (Phi) is 6.35. The first-order valence-corrected chi connectivity index (χ1v) is 16.1. The molecule has 9 rings (SSSR count). The molecule has 5 aromatic carbocycles. The van der Waals surface area contributed by atoms with Gasteiger partial charge in [-0.25, -0.2) is 9.97 Å². The predicted molar refractivity (Wildman–Crippen MR) is 196 cm³/mol. The Labute approximate surface area is 272 Å². The molecule has 0 saturated heterocycles. The fourth-order valence-electron chi connectivity index (χ4n) is 6.91. The van der Waals surface area contributed by atoms with Gasteiger partial charge in [0.05, 0.1) is 33.5 Å². The van der Waals surface area contributed by atoms with E-state index < -0.39 is 0 Å². The van der Waals surface area contributed by atoms with Crippen LogP contribution in [-0.2, 0) is 0 Å². The van der Waals surface area contributed by atoms with Crippen molar-refractivity contribution in [2.75, 3.05) is 11.9 Å². The Bertz CT molecular complexity index is 2580. The minimum absolute atomic E-state index is 0.885. The average Bonchev–Trinajstić information content (AvgIpc) is 3.63. The highest BCUT2D eigenvalue weighted by atomic mass is 15.1. The standard InChI is InChI=1S/C42H31N5/c1-2-43-30-24-22-29(23-25-30)36-17-11-21-42(45-36)47-38-19-9-7-15-32(38)34-26-33-31-14-6-8-18-37(31)46(39(33)27-40(34)47)41-20-10-16-35(44-41)28-12-4-3-5-13-28/h3-27,43H,2H2,1H3. The molecule has 0 aliphatic rings. The fraction of sp³-hybridized carbons (Fsp3) is 0.0476. The fourth-order valence-corrected chi connectivity index (χ4v) is 6.91. The molecule has 224 valence electrons. The van der Waals surface area contributed by atoms with Gasteiger partial charge in [0.2, 0.25) is 0 Å². The molecule has 0 fully saturated rings. The van der Waals surface area contributed by atoms with E-state index in [-0.39, 0.29) is 0 Å². The van der Waals surface area contributed by atoms with Crippen LogP contribution in [0.3, 0.4) is 0 Å². The van der Waals surface area contributed by atoms with Crippen molar-refractivity contribution in [2.45, 2.75) is 6.92 Å². The zero-order chi connectivity index (χ0) is 31.3. The van der Waals surface area contributed by atoms with Gasteiger partial charge in [-0.15, -0.1) is 0 Å². The molecule has 0 unspecified atom stereocenters. The van der Waals surface area contributed by atoms with Crippen LogP contribution < -0.4 is 5.32 Å². The molecule has 9 aromatic rings. The van der Waals surface area contributed by atoms with E-state index in [1.165, 1.54) is 21.5 Å². The normalized spacial score (nSPS) is 11.6. The van der Waals surface area contributed by atoms with Crippen molar-refractivity contribution in [1.29, 1.82) is 0 Å². The van der Waals surface area contributed by atoms with Crippen LogP contribution in [0.5, 0.6) is 0 Å². The van der Waals surface area contributed by atoms with Gasteiger partial charge in [0, 0.05) is 44.9 Å². The first-order valence-electron chi connectivity index (χ1n) is 16.1. The summed E-state index contributed by atoms with van der Waals surface area (Å²) in [6.07, 6.45) is 0. The highest BCUT2D eigenvalue weighted by Gasteiger charge is 2.19. The van der Waals surface area contributed by atoms with Gasteiger partial charge in [-0.05, 0) is 67.6 Å². The topological polar surface area (TPSA) is 47.7 Å². The SMILES string of the molecule is CCNc1ccc(-c2cccc(-n3c4ccccc4c4cc5c6ccccc6n(-c6cccc(-c7ccccc7)n6)c5cc43)n2)cc1. The third kappa shape index (κ3) is 4.47. The summed E-state index contributed by atoms with van der Waals surface area (Å²) in [6.45, 7) is 3.00. The number of aromatic nitrogens is 4. The van der Waals surface area contributed by atoms with Crippen LogP contribution in [0, 0.1) is 0 Å². The van der Waals surface area contributed by atoms with E-state index in [9.17, 15) is 0 Å². The summed E-state index contributed by atoms with van der Waals surface area (Å²) in [5, 5.41) is 8.18. The molecule has 5 nitrogen and oxygen atoms in total. The van der Waals surface area contributed by atoms with Crippen molar-refractivity contribution in [3.8, 4) is 34.2 Å². The minimum atomic E-state index is 0.885. The summed E-state index contributed by atoms with van der Waals surface area (Å²) in [5.74, 6) is 1.77. The number of para-hydroxylation sites is 2. The molecule has 0 radical (unpaired) electrons. The van der Waals surface area contributed by atoms with Crippen LogP contribution in [0.25, 0.3) is 77.8 Å². The lowest BCUT2D eigenvalue weighted by Gasteiger charge is -2.11. The average molecular weight is 606 g/mol. The molecule has 0 spiro atoms. The van der Waals surface area contributed by atoms with Gasteiger partial charge < -0.3 is 5.32 Å². The van der Waals surface area contributed by atoms with Gasteiger partial charge in [0.25, 0.3) is 0 Å². The summed E-state index contributed by atoms with van der Waals surface area (Å²) < 4.78 is 4.60. The molecule has 1 N–H and O–H groups in total. The Morgan fingerprint density at radius 3 is 1.51 bits per heavy atom. The number of fused-ring (bicyclic) bond motifs is 6. The van der Waals surface area contributed by atoms with Crippen molar-refractivity contribution >= 4 is 49.3 Å². The Morgan fingerprint density at radius 1 is 0.447 bits per heavy atom. The van der Waals surface area contributed by atoms with Crippen molar-refractivity contribution in [3.63, 3.8) is 0 Å². The molecule has 0 saturated carbocycles. The second-order valence-electron chi connectivity index (χ2n) is 11.8. The molecule has 47 heavy (non-hydrogen) atoms. The number of benzene rings is 5. The number of hydrogen-bond donors (Lipinski definition) is 1. The largest absolute Gasteiger partial charge is 0.385 e. The van der Waals surface area contributed by atoms with Crippen molar-refractivity contribution in [1.82, 2.24) is 19.1 Å². The number of rotatable bonds is 6. The Hall–Kier alpha value is -6.20. The summed E-state index contributed by atoms with van der Waals surface area (Å²) >= 11 is 0. The van der Waals surface area contributed by atoms with Crippen LogP contribution in [0.1, 0.15) is 6.92 Å². The van der Waals surface area contributed by atoms with Crippen molar-refractivity contribution < 1.29 is 0 Å². The number of hydrogen-bond acceptors (Lipinski definition) is 3. The van der Waals surface area contributed by atoms with E-state index >= 15 is 0 Å². The maximum absolute atomic E-state index is 5.23. The van der Waals surface area contributed by atoms with Gasteiger partial charge in [0.15, 0.2) is 0 Å². The molecule has 0 bridgehead atoms. The number of pyridine rings is 2. The number of nitrogens with one attached hydrogen (secondary N) is 1. The Morgan fingerprint density at radius 2 is 0.957 bits per heavy atom. The lowest BCUT2D eigenvalue weighted by Crippen LogP contribution is -2.00. The highest BCUT2D eigenvalue weighted by Crippen LogP contribution is 2.39. The molecular weight excluding hydrogens is 574 g/mol. The third-order valence-corrected chi connectivity index (χ3v) is 9.02. The molecule has 4 aromatic heterocycles. The first kappa shape index (κ1) is 27.1. The molecule has 0 atom stereocenters. The molecular formula is C42H31N5. The van der Waals surface area contributed by atoms with Crippen LogP contribution in [-0.4, -0.2) is 25.6 Å². The van der Waals surface area contributed by atoms with Gasteiger partial charge in [0.1, 0.15) is 11.6 Å². The monoisotopic (exact) mass is 605 g/mol. The zero-order valence-electron chi connectivity index (χ0n) is 25.9. The molecule has 0 aliphatic carbocycles. The third-order valence-electron chi connectivity index (χ3n) is 9.02. The van der Waals surface area contributed by atoms with E-state index in [0.29, 0.717) is 0 Å². The predicted octanol–water partition coefficient (Wildman–Crippen LogP) is 10.4. The highest BCUT2D eigenvalue weighted by molar-refractivity contribution is 6.19. The molecule has 0 amide bonds. The van der Waals surface area contributed by atoms with Gasteiger partial charge in [-0.2, -0.15) is 0 Å². The van der Waals surface area contributed by atoms with E-state index in [1.54, 1.807) is 0 Å². The van der Waals surface area contributed by atoms with E-state index in [2.05, 4.69) is 167 Å². The maximum Gasteiger partial charge on any atom is 0.138 e. The second kappa shape index (κ2) is 11.0. The van der Waals surface area contributed by atoms with Crippen LogP contribution in [0.15, 0.2) is 152 Å². The van der Waals surface area contributed by atoms with Crippen molar-refractivity contribution in [3.05, 3.63) is 152 Å². The first-order chi connectivity index (χ1) is 23.3. The second-order valence-corrected chi connectivity index (χ2v) is 11.8. The lowest BCUT2D eigenvalue weighted by atomic mass is 10.1. The lowest BCUT2D eigenvalue weighted by molar-refractivity contribution is 1.07. The van der Waals surface area contributed by atoms with E-state index in [1.807, 2.05) is 6.07 Å². The molecule has 5 heteroatoms. The van der Waals surface area contributed by atoms with Gasteiger partial charge >= 0.3 is 0 Å². The molecule has 0 aliphatic heterocycles. The van der Waals surface area contributed by atoms with Crippen LogP contribution in [0.4, 0.5) is 5.69 Å². The van der Waals surface area contributed by atoms with Crippen molar-refractivity contribution in [2.24, 2.45) is 0 Å².